The van der Waals surface area contributed by atoms with Gasteiger partial charge in [0.2, 0.25) is 0 Å². The first-order valence-corrected chi connectivity index (χ1v) is 7.13. The van der Waals surface area contributed by atoms with E-state index in [0.717, 1.165) is 0 Å². The minimum absolute atomic E-state index is 0.257. The number of nitrogens with one attached hydrogen (secondary N) is 1. The molecule has 1 aromatic carbocycles. The summed E-state index contributed by atoms with van der Waals surface area (Å²) in [7, 11) is 0. The van der Waals surface area contributed by atoms with E-state index in [1.807, 2.05) is 20.8 Å². The van der Waals surface area contributed by atoms with Crippen molar-refractivity contribution in [2.24, 2.45) is 0 Å². The summed E-state index contributed by atoms with van der Waals surface area (Å²) in [5, 5.41) is 12.0. The Balaban J connectivity index is 2.97. The third-order valence-electron chi connectivity index (χ3n) is 3.29. The second-order valence-corrected chi connectivity index (χ2v) is 4.72. The van der Waals surface area contributed by atoms with Crippen molar-refractivity contribution in [1.29, 1.82) is 5.26 Å². The van der Waals surface area contributed by atoms with Crippen LogP contribution in [0, 0.1) is 11.3 Å². The van der Waals surface area contributed by atoms with Crippen molar-refractivity contribution < 1.29 is 14.3 Å². The molecule has 0 bridgehead atoms. The predicted molar refractivity (Wildman–Crippen MR) is 81.3 cm³/mol. The lowest BCUT2D eigenvalue weighted by atomic mass is 10.0. The molecule has 0 heterocycles. The van der Waals surface area contributed by atoms with Crippen molar-refractivity contribution >= 4 is 11.6 Å². The van der Waals surface area contributed by atoms with Gasteiger partial charge in [-0.2, -0.15) is 5.26 Å². The van der Waals surface area contributed by atoms with E-state index in [0.29, 0.717) is 36.6 Å². The molecule has 0 fully saturated rings. The smallest absolute Gasteiger partial charge is 0.256 e. The fourth-order valence-corrected chi connectivity index (χ4v) is 1.88. The van der Waals surface area contributed by atoms with Gasteiger partial charge in [-0.15, -0.1) is 0 Å². The van der Waals surface area contributed by atoms with Crippen LogP contribution in [0.3, 0.4) is 0 Å². The number of carbonyl (C=O) groups excluding carboxylic acids is 1. The monoisotopic (exact) mass is 290 g/mol. The van der Waals surface area contributed by atoms with Gasteiger partial charge in [0.25, 0.3) is 5.91 Å². The first-order valence-electron chi connectivity index (χ1n) is 7.13. The fraction of sp³-hybridized carbons (Fsp3) is 0.500. The average molecular weight is 290 g/mol. The number of carbonyl (C=O) groups is 1. The first-order chi connectivity index (χ1) is 10.0. The van der Waals surface area contributed by atoms with Gasteiger partial charge >= 0.3 is 0 Å². The summed E-state index contributed by atoms with van der Waals surface area (Å²) < 4.78 is 10.9. The van der Waals surface area contributed by atoms with Gasteiger partial charge < -0.3 is 14.8 Å². The van der Waals surface area contributed by atoms with Crippen molar-refractivity contribution in [3.8, 4) is 11.8 Å². The minimum Gasteiger partial charge on any atom is -0.494 e. The van der Waals surface area contributed by atoms with E-state index < -0.39 is 5.60 Å². The van der Waals surface area contributed by atoms with Crippen LogP contribution in [0.4, 0.5) is 5.69 Å². The maximum absolute atomic E-state index is 12.4. The highest BCUT2D eigenvalue weighted by molar-refractivity contribution is 5.98. The Morgan fingerprint density at radius 2 is 2.05 bits per heavy atom. The van der Waals surface area contributed by atoms with Gasteiger partial charge in [0.05, 0.1) is 17.9 Å². The number of rotatable bonds is 7. The normalized spacial score (nSPS) is 13.1. The van der Waals surface area contributed by atoms with Crippen LogP contribution in [-0.4, -0.2) is 24.7 Å². The number of hydrogen-bond donors (Lipinski definition) is 1. The Labute approximate surface area is 125 Å². The Morgan fingerprint density at radius 1 is 1.33 bits per heavy atom. The van der Waals surface area contributed by atoms with Crippen molar-refractivity contribution in [3.63, 3.8) is 0 Å². The van der Waals surface area contributed by atoms with Crippen LogP contribution in [0.2, 0.25) is 0 Å². The van der Waals surface area contributed by atoms with Crippen molar-refractivity contribution in [2.75, 3.05) is 18.5 Å². The molecule has 0 saturated carbocycles. The Kier molecular flexibility index (Phi) is 6.19. The van der Waals surface area contributed by atoms with Crippen LogP contribution in [0.5, 0.6) is 5.75 Å². The molecule has 0 aromatic heterocycles. The topological polar surface area (TPSA) is 71.3 Å². The molecule has 0 spiro atoms. The fourth-order valence-electron chi connectivity index (χ4n) is 1.88. The standard InChI is InChI=1S/C16H22N2O3/c1-5-16(4,21-7-3)15(19)18-14-9-8-13(20-6-2)10-12(14)11-17/h8-10H,5-7H2,1-4H3,(H,18,19)/t16-/m0/s1. The zero-order valence-electron chi connectivity index (χ0n) is 13.0. The second-order valence-electron chi connectivity index (χ2n) is 4.72. The molecule has 0 aliphatic heterocycles. The molecule has 0 saturated heterocycles. The van der Waals surface area contributed by atoms with E-state index >= 15 is 0 Å². The van der Waals surface area contributed by atoms with Crippen LogP contribution in [0.1, 0.15) is 39.7 Å². The molecule has 0 radical (unpaired) electrons. The molecule has 5 nitrogen and oxygen atoms in total. The SMILES string of the molecule is CCOc1ccc(NC(=O)[C@](C)(CC)OCC)c(C#N)c1. The summed E-state index contributed by atoms with van der Waals surface area (Å²) in [6.45, 7) is 8.32. The van der Waals surface area contributed by atoms with E-state index in [2.05, 4.69) is 11.4 Å². The maximum atomic E-state index is 12.4. The van der Waals surface area contributed by atoms with Crippen molar-refractivity contribution in [2.45, 2.75) is 39.7 Å². The summed E-state index contributed by atoms with van der Waals surface area (Å²) in [5.74, 6) is 0.350. The number of hydrogen-bond acceptors (Lipinski definition) is 4. The van der Waals surface area contributed by atoms with Gasteiger partial charge in [-0.1, -0.05) is 6.92 Å². The molecule has 1 aromatic rings. The Hall–Kier alpha value is -2.06. The zero-order chi connectivity index (χ0) is 15.9. The number of nitrogens with zero attached hydrogens (tertiary/aromatic N) is 1. The average Bonchev–Trinajstić information content (AvgIpc) is 2.49. The third kappa shape index (κ3) is 4.20. The Morgan fingerprint density at radius 3 is 2.57 bits per heavy atom. The lowest BCUT2D eigenvalue weighted by Gasteiger charge is -2.27. The molecule has 0 aliphatic rings. The van der Waals surface area contributed by atoms with E-state index in [4.69, 9.17) is 9.47 Å². The molecule has 1 atom stereocenters. The number of amides is 1. The molecule has 0 unspecified atom stereocenters. The predicted octanol–water partition coefficient (Wildman–Crippen LogP) is 3.10. The molecular formula is C16H22N2O3. The van der Waals surface area contributed by atoms with E-state index in [1.54, 1.807) is 25.1 Å². The van der Waals surface area contributed by atoms with Crippen LogP contribution in [0.15, 0.2) is 18.2 Å². The number of benzene rings is 1. The van der Waals surface area contributed by atoms with E-state index in [1.165, 1.54) is 0 Å². The van der Waals surface area contributed by atoms with Gasteiger partial charge in [0, 0.05) is 6.61 Å². The molecule has 1 amide bonds. The van der Waals surface area contributed by atoms with Crippen LogP contribution >= 0.6 is 0 Å². The molecule has 1 rings (SSSR count). The van der Waals surface area contributed by atoms with Crippen molar-refractivity contribution in [3.05, 3.63) is 23.8 Å². The maximum Gasteiger partial charge on any atom is 0.256 e. The molecular weight excluding hydrogens is 268 g/mol. The molecule has 0 aliphatic carbocycles. The van der Waals surface area contributed by atoms with Gasteiger partial charge in [-0.25, -0.2) is 0 Å². The Bertz CT molecular complexity index is 537. The second kappa shape index (κ2) is 7.65. The lowest BCUT2D eigenvalue weighted by Crippen LogP contribution is -2.42. The highest BCUT2D eigenvalue weighted by Gasteiger charge is 2.32. The van der Waals surface area contributed by atoms with Crippen LogP contribution in [-0.2, 0) is 9.53 Å². The summed E-state index contributed by atoms with van der Waals surface area (Å²) in [5.41, 5.74) is -0.0744. The van der Waals surface area contributed by atoms with Crippen LogP contribution < -0.4 is 10.1 Å². The lowest BCUT2D eigenvalue weighted by molar-refractivity contribution is -0.139. The highest BCUT2D eigenvalue weighted by atomic mass is 16.5. The molecule has 114 valence electrons. The minimum atomic E-state index is -0.903. The largest absolute Gasteiger partial charge is 0.494 e. The zero-order valence-corrected chi connectivity index (χ0v) is 13.0. The third-order valence-corrected chi connectivity index (χ3v) is 3.29. The van der Waals surface area contributed by atoms with Gasteiger partial charge in [0.1, 0.15) is 17.4 Å². The van der Waals surface area contributed by atoms with Gasteiger partial charge in [-0.3, -0.25) is 4.79 Å². The number of ether oxygens (including phenoxy) is 2. The van der Waals surface area contributed by atoms with Gasteiger partial charge in [0.15, 0.2) is 0 Å². The highest BCUT2D eigenvalue weighted by Crippen LogP contribution is 2.24. The number of anilines is 1. The van der Waals surface area contributed by atoms with E-state index in [9.17, 15) is 10.1 Å². The summed E-state index contributed by atoms with van der Waals surface area (Å²) >= 11 is 0. The summed E-state index contributed by atoms with van der Waals surface area (Å²) in [6.07, 6.45) is 0.547. The first kappa shape index (κ1) is 17.0. The molecule has 21 heavy (non-hydrogen) atoms. The molecule has 1 N–H and O–H groups in total. The van der Waals surface area contributed by atoms with E-state index in [-0.39, 0.29) is 5.91 Å². The van der Waals surface area contributed by atoms with Gasteiger partial charge in [-0.05, 0) is 45.4 Å². The van der Waals surface area contributed by atoms with Crippen molar-refractivity contribution in [1.82, 2.24) is 0 Å². The van der Waals surface area contributed by atoms with Crippen LogP contribution in [0.25, 0.3) is 0 Å². The summed E-state index contributed by atoms with van der Waals surface area (Å²) in [4.78, 5) is 12.4. The number of nitriles is 1. The molecule has 5 heteroatoms. The summed E-state index contributed by atoms with van der Waals surface area (Å²) in [6, 6.07) is 7.08. The quantitative estimate of drug-likeness (QED) is 0.837.